The largest absolute Gasteiger partial charge is 0.393 e. The third-order valence-electron chi connectivity index (χ3n) is 5.02. The van der Waals surface area contributed by atoms with Gasteiger partial charge in [-0.3, -0.25) is 4.68 Å². The van der Waals surface area contributed by atoms with Crippen LogP contribution >= 0.6 is 0 Å². The monoisotopic (exact) mass is 278 g/mol. The van der Waals surface area contributed by atoms with E-state index < -0.39 is 0 Å². The summed E-state index contributed by atoms with van der Waals surface area (Å²) in [5, 5.41) is 14.6. The Morgan fingerprint density at radius 1 is 1.35 bits per heavy atom. The zero-order chi connectivity index (χ0) is 14.4. The van der Waals surface area contributed by atoms with E-state index in [-0.39, 0.29) is 6.10 Å². The average Bonchev–Trinajstić information content (AvgIpc) is 2.88. The molecule has 1 heterocycles. The molecule has 1 fully saturated rings. The number of nitrogens with zero attached hydrogens (tertiary/aromatic N) is 2. The Hall–Kier alpha value is -0.830. The molecule has 1 aliphatic rings. The molecule has 0 amide bonds. The first-order chi connectivity index (χ1) is 9.70. The topological polar surface area (TPSA) is 38.1 Å². The number of hydrogen-bond acceptors (Lipinski definition) is 2. The summed E-state index contributed by atoms with van der Waals surface area (Å²) < 4.78 is 1.91. The minimum Gasteiger partial charge on any atom is -0.393 e. The summed E-state index contributed by atoms with van der Waals surface area (Å²) in [6.07, 6.45) is 12.7. The van der Waals surface area contributed by atoms with Gasteiger partial charge in [-0.05, 0) is 43.6 Å². The molecule has 0 aliphatic heterocycles. The van der Waals surface area contributed by atoms with Crippen LogP contribution < -0.4 is 0 Å². The van der Waals surface area contributed by atoms with Gasteiger partial charge in [-0.15, -0.1) is 0 Å². The van der Waals surface area contributed by atoms with E-state index in [2.05, 4.69) is 12.0 Å². The first kappa shape index (κ1) is 15.6. The lowest BCUT2D eigenvalue weighted by Crippen LogP contribution is -2.26. The predicted molar refractivity (Wildman–Crippen MR) is 82.5 cm³/mol. The fourth-order valence-corrected chi connectivity index (χ4v) is 3.53. The summed E-state index contributed by atoms with van der Waals surface area (Å²) in [5.74, 6) is 1.46. The molecule has 2 rings (SSSR count). The highest BCUT2D eigenvalue weighted by molar-refractivity contribution is 5.00. The molecule has 3 nitrogen and oxygen atoms in total. The van der Waals surface area contributed by atoms with Gasteiger partial charge in [-0.25, -0.2) is 0 Å². The first-order valence-electron chi connectivity index (χ1n) is 8.35. The zero-order valence-corrected chi connectivity index (χ0v) is 13.1. The second-order valence-electron chi connectivity index (χ2n) is 6.48. The van der Waals surface area contributed by atoms with Crippen molar-refractivity contribution in [2.24, 2.45) is 18.9 Å². The fraction of sp³-hybridized carbons (Fsp3) is 0.824. The second kappa shape index (κ2) is 7.82. The average molecular weight is 278 g/mol. The molecule has 1 unspecified atom stereocenters. The van der Waals surface area contributed by atoms with Gasteiger partial charge in [0.15, 0.2) is 0 Å². The molecular formula is C17H30N2O. The molecule has 0 radical (unpaired) electrons. The number of aliphatic hydroxyl groups is 1. The van der Waals surface area contributed by atoms with Crippen LogP contribution in [-0.4, -0.2) is 21.0 Å². The lowest BCUT2D eigenvalue weighted by atomic mass is 9.77. The van der Waals surface area contributed by atoms with Gasteiger partial charge in [0.2, 0.25) is 0 Å². The Balaban J connectivity index is 1.69. The van der Waals surface area contributed by atoms with E-state index in [1.54, 1.807) is 0 Å². The third-order valence-corrected chi connectivity index (χ3v) is 5.02. The summed E-state index contributed by atoms with van der Waals surface area (Å²) >= 11 is 0. The van der Waals surface area contributed by atoms with Gasteiger partial charge in [0.05, 0.1) is 6.10 Å². The molecule has 1 aliphatic carbocycles. The highest BCUT2D eigenvalue weighted by Gasteiger charge is 2.26. The van der Waals surface area contributed by atoms with Gasteiger partial charge < -0.3 is 5.11 Å². The molecule has 3 heteroatoms. The summed E-state index contributed by atoms with van der Waals surface area (Å²) in [7, 11) is 1.97. The van der Waals surface area contributed by atoms with Crippen LogP contribution in [0.3, 0.4) is 0 Å². The molecule has 0 spiro atoms. The highest BCUT2D eigenvalue weighted by atomic mass is 16.3. The summed E-state index contributed by atoms with van der Waals surface area (Å²) in [6, 6.07) is 2.05. The van der Waals surface area contributed by atoms with Crippen LogP contribution in [0.2, 0.25) is 0 Å². The van der Waals surface area contributed by atoms with Crippen molar-refractivity contribution >= 4 is 0 Å². The van der Waals surface area contributed by atoms with E-state index in [0.29, 0.717) is 5.92 Å². The Morgan fingerprint density at radius 2 is 2.10 bits per heavy atom. The van der Waals surface area contributed by atoms with E-state index >= 15 is 0 Å². The highest BCUT2D eigenvalue weighted by Crippen LogP contribution is 2.34. The molecule has 20 heavy (non-hydrogen) atoms. The Morgan fingerprint density at radius 3 is 2.70 bits per heavy atom. The lowest BCUT2D eigenvalue weighted by Gasteiger charge is -2.31. The Kier molecular flexibility index (Phi) is 6.08. The summed E-state index contributed by atoms with van der Waals surface area (Å²) in [4.78, 5) is 0. The van der Waals surface area contributed by atoms with Gasteiger partial charge in [0.25, 0.3) is 0 Å². The third kappa shape index (κ3) is 4.34. The van der Waals surface area contributed by atoms with E-state index in [1.165, 1.54) is 50.6 Å². The van der Waals surface area contributed by atoms with E-state index in [0.717, 1.165) is 18.8 Å². The number of hydrogen-bond donors (Lipinski definition) is 1. The molecule has 1 N–H and O–H groups in total. The SMILES string of the molecule is CCCCC1CCC(C(O)CCc2ccnn2C)CC1. The molecular weight excluding hydrogens is 248 g/mol. The van der Waals surface area contributed by atoms with Gasteiger partial charge in [-0.2, -0.15) is 5.10 Å². The minimum absolute atomic E-state index is 0.128. The van der Waals surface area contributed by atoms with Crippen molar-refractivity contribution in [3.8, 4) is 0 Å². The van der Waals surface area contributed by atoms with Crippen LogP contribution in [0.5, 0.6) is 0 Å². The molecule has 1 aromatic heterocycles. The van der Waals surface area contributed by atoms with Crippen molar-refractivity contribution in [2.45, 2.75) is 70.8 Å². The van der Waals surface area contributed by atoms with Gasteiger partial charge in [0, 0.05) is 18.9 Å². The van der Waals surface area contributed by atoms with Crippen LogP contribution in [-0.2, 0) is 13.5 Å². The number of aryl methyl sites for hydroxylation is 2. The van der Waals surface area contributed by atoms with Crippen molar-refractivity contribution in [3.05, 3.63) is 18.0 Å². The number of rotatable bonds is 7. The smallest absolute Gasteiger partial charge is 0.0572 e. The Labute approximate surface area is 123 Å². The molecule has 1 atom stereocenters. The molecule has 1 aromatic rings. The quantitative estimate of drug-likeness (QED) is 0.825. The predicted octanol–water partition coefficient (Wildman–Crippen LogP) is 3.71. The molecule has 0 saturated heterocycles. The second-order valence-corrected chi connectivity index (χ2v) is 6.48. The normalized spacial score (nSPS) is 24.8. The van der Waals surface area contributed by atoms with E-state index in [4.69, 9.17) is 0 Å². The standard InChI is InChI=1S/C17H30N2O/c1-3-4-5-14-6-8-15(9-7-14)17(20)11-10-16-12-13-18-19(16)2/h12-15,17,20H,3-11H2,1-2H3. The van der Waals surface area contributed by atoms with Crippen LogP contribution in [0, 0.1) is 11.8 Å². The van der Waals surface area contributed by atoms with Crippen LogP contribution in [0.1, 0.15) is 64.0 Å². The molecule has 1 saturated carbocycles. The van der Waals surface area contributed by atoms with Crippen molar-refractivity contribution in [2.75, 3.05) is 0 Å². The van der Waals surface area contributed by atoms with Gasteiger partial charge in [-0.1, -0.05) is 39.0 Å². The van der Waals surface area contributed by atoms with Crippen molar-refractivity contribution in [1.29, 1.82) is 0 Å². The van der Waals surface area contributed by atoms with Crippen LogP contribution in [0.15, 0.2) is 12.3 Å². The lowest BCUT2D eigenvalue weighted by molar-refractivity contribution is 0.0654. The zero-order valence-electron chi connectivity index (χ0n) is 13.1. The fourth-order valence-electron chi connectivity index (χ4n) is 3.53. The maximum atomic E-state index is 10.4. The number of unbranched alkanes of at least 4 members (excludes halogenated alkanes) is 1. The summed E-state index contributed by atoms with van der Waals surface area (Å²) in [5.41, 5.74) is 1.22. The summed E-state index contributed by atoms with van der Waals surface area (Å²) in [6.45, 7) is 2.27. The maximum Gasteiger partial charge on any atom is 0.0572 e. The number of aromatic nitrogens is 2. The first-order valence-corrected chi connectivity index (χ1v) is 8.35. The Bertz CT molecular complexity index is 380. The van der Waals surface area contributed by atoms with Gasteiger partial charge >= 0.3 is 0 Å². The van der Waals surface area contributed by atoms with Crippen molar-refractivity contribution < 1.29 is 5.11 Å². The van der Waals surface area contributed by atoms with E-state index in [9.17, 15) is 5.11 Å². The minimum atomic E-state index is -0.128. The van der Waals surface area contributed by atoms with Gasteiger partial charge in [0.1, 0.15) is 0 Å². The van der Waals surface area contributed by atoms with Crippen molar-refractivity contribution in [1.82, 2.24) is 9.78 Å². The molecule has 0 bridgehead atoms. The van der Waals surface area contributed by atoms with E-state index in [1.807, 2.05) is 24.0 Å². The van der Waals surface area contributed by atoms with Crippen molar-refractivity contribution in [3.63, 3.8) is 0 Å². The van der Waals surface area contributed by atoms with Crippen LogP contribution in [0.4, 0.5) is 0 Å². The van der Waals surface area contributed by atoms with Crippen LogP contribution in [0.25, 0.3) is 0 Å². The number of aliphatic hydroxyl groups excluding tert-OH is 1. The maximum absolute atomic E-state index is 10.4. The molecule has 114 valence electrons. The molecule has 0 aromatic carbocycles.